The molecule has 0 bridgehead atoms. The Morgan fingerprint density at radius 2 is 2.04 bits per heavy atom. The summed E-state index contributed by atoms with van der Waals surface area (Å²) in [4.78, 5) is 20.2. The molecule has 28 heavy (non-hydrogen) atoms. The smallest absolute Gasteiger partial charge is 0.333 e. The molecule has 2 heterocycles. The summed E-state index contributed by atoms with van der Waals surface area (Å²) in [5, 5.41) is 0.845. The number of nitrogens with two attached hydrogens (primary N) is 1. The molecule has 2 N–H and O–H groups in total. The number of thiazole rings is 1. The van der Waals surface area contributed by atoms with Gasteiger partial charge in [0.05, 0.1) is 15.4 Å². The monoisotopic (exact) mass is 409 g/mol. The minimum Gasteiger partial charge on any atom is -0.333 e. The van der Waals surface area contributed by atoms with E-state index in [1.54, 1.807) is 11.0 Å². The van der Waals surface area contributed by atoms with Crippen LogP contribution in [0.2, 0.25) is 0 Å². The van der Waals surface area contributed by atoms with Crippen LogP contribution < -0.4 is 5.73 Å². The van der Waals surface area contributed by atoms with Crippen LogP contribution in [-0.4, -0.2) is 34.9 Å². The second kappa shape index (κ2) is 7.48. The first kappa shape index (κ1) is 19.4. The number of carbonyl (C=O) groups is 1. The molecular formula is C20H22F3N3OS. The van der Waals surface area contributed by atoms with Crippen molar-refractivity contribution in [1.82, 2.24) is 9.88 Å². The summed E-state index contributed by atoms with van der Waals surface area (Å²) < 4.78 is 39.5. The lowest BCUT2D eigenvalue weighted by molar-refractivity contribution is -0.137. The SMILES string of the molecule is NCC1CCCCN1C(=O)c1nc(C2CC2)sc1-c1cccc(C(F)(F)F)c1. The molecule has 1 saturated carbocycles. The van der Waals surface area contributed by atoms with Crippen molar-refractivity contribution < 1.29 is 18.0 Å². The van der Waals surface area contributed by atoms with Gasteiger partial charge in [-0.25, -0.2) is 4.98 Å². The van der Waals surface area contributed by atoms with E-state index in [9.17, 15) is 18.0 Å². The van der Waals surface area contributed by atoms with Gasteiger partial charge in [0.1, 0.15) is 5.69 Å². The maximum atomic E-state index is 13.3. The van der Waals surface area contributed by atoms with Crippen LogP contribution in [0.5, 0.6) is 0 Å². The molecule has 1 unspecified atom stereocenters. The third kappa shape index (κ3) is 3.80. The van der Waals surface area contributed by atoms with E-state index in [4.69, 9.17) is 5.73 Å². The van der Waals surface area contributed by atoms with Gasteiger partial charge in [0.25, 0.3) is 5.91 Å². The Hall–Kier alpha value is -1.93. The number of nitrogens with zero attached hydrogens (tertiary/aromatic N) is 2. The number of amides is 1. The average molecular weight is 409 g/mol. The molecule has 0 spiro atoms. The van der Waals surface area contributed by atoms with Crippen LogP contribution in [-0.2, 0) is 6.18 Å². The zero-order valence-corrected chi connectivity index (χ0v) is 16.2. The van der Waals surface area contributed by atoms with Crippen molar-refractivity contribution in [2.45, 2.75) is 50.2 Å². The standard InChI is InChI=1S/C20H22F3N3OS/c21-20(22,23)14-5-3-4-13(10-14)17-16(25-18(28-17)12-7-8-12)19(27)26-9-2-1-6-15(26)11-24/h3-5,10,12,15H,1-2,6-9,11,24H2. The lowest BCUT2D eigenvalue weighted by Crippen LogP contribution is -2.47. The van der Waals surface area contributed by atoms with Crippen molar-refractivity contribution in [3.63, 3.8) is 0 Å². The van der Waals surface area contributed by atoms with Gasteiger partial charge in [-0.1, -0.05) is 12.1 Å². The normalized spacial score (nSPS) is 20.4. The van der Waals surface area contributed by atoms with Crippen LogP contribution in [0.25, 0.3) is 10.4 Å². The molecule has 4 rings (SSSR count). The van der Waals surface area contributed by atoms with E-state index in [2.05, 4.69) is 4.98 Å². The lowest BCUT2D eigenvalue weighted by Gasteiger charge is -2.34. The van der Waals surface area contributed by atoms with Crippen molar-refractivity contribution in [3.8, 4) is 10.4 Å². The predicted molar refractivity (Wildman–Crippen MR) is 102 cm³/mol. The molecule has 1 aromatic heterocycles. The summed E-state index contributed by atoms with van der Waals surface area (Å²) in [6, 6.07) is 5.11. The maximum Gasteiger partial charge on any atom is 0.416 e. The highest BCUT2D eigenvalue weighted by molar-refractivity contribution is 7.15. The van der Waals surface area contributed by atoms with Crippen molar-refractivity contribution in [2.75, 3.05) is 13.1 Å². The number of alkyl halides is 3. The minimum atomic E-state index is -4.43. The summed E-state index contributed by atoms with van der Waals surface area (Å²) in [6.07, 6.45) is 0.371. The van der Waals surface area contributed by atoms with E-state index in [0.29, 0.717) is 29.4 Å². The Bertz CT molecular complexity index is 876. The summed E-state index contributed by atoms with van der Waals surface area (Å²) >= 11 is 1.35. The second-order valence-electron chi connectivity index (χ2n) is 7.47. The van der Waals surface area contributed by atoms with Gasteiger partial charge >= 0.3 is 6.18 Å². The van der Waals surface area contributed by atoms with Crippen molar-refractivity contribution in [3.05, 3.63) is 40.5 Å². The zero-order chi connectivity index (χ0) is 19.9. The van der Waals surface area contributed by atoms with Crippen molar-refractivity contribution in [2.24, 2.45) is 5.73 Å². The Labute approximate surface area is 165 Å². The molecule has 1 saturated heterocycles. The molecule has 1 aromatic carbocycles. The number of hydrogen-bond donors (Lipinski definition) is 1. The van der Waals surface area contributed by atoms with E-state index in [1.807, 2.05) is 0 Å². The minimum absolute atomic E-state index is 0.0401. The van der Waals surface area contributed by atoms with Crippen molar-refractivity contribution >= 4 is 17.2 Å². The quantitative estimate of drug-likeness (QED) is 0.799. The van der Waals surface area contributed by atoms with E-state index >= 15 is 0 Å². The molecule has 1 aliphatic heterocycles. The van der Waals surface area contributed by atoms with Crippen LogP contribution in [0.4, 0.5) is 13.2 Å². The van der Waals surface area contributed by atoms with Crippen LogP contribution in [0.3, 0.4) is 0 Å². The number of aromatic nitrogens is 1. The molecule has 2 aromatic rings. The fourth-order valence-corrected chi connectivity index (χ4v) is 4.89. The number of likely N-dealkylation sites (tertiary alicyclic amines) is 1. The van der Waals surface area contributed by atoms with E-state index in [-0.39, 0.29) is 17.6 Å². The molecule has 2 fully saturated rings. The molecule has 8 heteroatoms. The molecule has 150 valence electrons. The highest BCUT2D eigenvalue weighted by Crippen LogP contribution is 2.45. The lowest BCUT2D eigenvalue weighted by atomic mass is 10.0. The first-order chi connectivity index (χ1) is 13.4. The topological polar surface area (TPSA) is 59.2 Å². The number of carbonyl (C=O) groups excluding carboxylic acids is 1. The van der Waals surface area contributed by atoms with E-state index < -0.39 is 11.7 Å². The maximum absolute atomic E-state index is 13.3. The average Bonchev–Trinajstić information content (AvgIpc) is 3.45. The van der Waals surface area contributed by atoms with Crippen LogP contribution >= 0.6 is 11.3 Å². The molecule has 1 amide bonds. The highest BCUT2D eigenvalue weighted by atomic mass is 32.1. The largest absolute Gasteiger partial charge is 0.416 e. The Balaban J connectivity index is 1.75. The molecule has 2 aliphatic rings. The van der Waals surface area contributed by atoms with Gasteiger partial charge in [-0.2, -0.15) is 13.2 Å². The van der Waals surface area contributed by atoms with Gasteiger partial charge in [0.2, 0.25) is 0 Å². The van der Waals surface area contributed by atoms with Crippen LogP contribution in [0, 0.1) is 0 Å². The number of benzene rings is 1. The van der Waals surface area contributed by atoms with E-state index in [1.165, 1.54) is 17.4 Å². The molecule has 1 aliphatic carbocycles. The van der Waals surface area contributed by atoms with Gasteiger partial charge in [0.15, 0.2) is 0 Å². The van der Waals surface area contributed by atoms with Gasteiger partial charge in [-0.05, 0) is 49.8 Å². The Kier molecular flexibility index (Phi) is 5.18. The summed E-state index contributed by atoms with van der Waals surface area (Å²) in [7, 11) is 0. The Morgan fingerprint density at radius 1 is 1.25 bits per heavy atom. The van der Waals surface area contributed by atoms with E-state index in [0.717, 1.165) is 49.2 Å². The van der Waals surface area contributed by atoms with Crippen molar-refractivity contribution in [1.29, 1.82) is 0 Å². The molecule has 0 radical (unpaired) electrons. The summed E-state index contributed by atoms with van der Waals surface area (Å²) in [6.45, 7) is 0.989. The number of rotatable bonds is 4. The first-order valence-electron chi connectivity index (χ1n) is 9.58. The van der Waals surface area contributed by atoms with Crippen LogP contribution in [0.1, 0.15) is 59.1 Å². The molecular weight excluding hydrogens is 387 g/mol. The fourth-order valence-electron chi connectivity index (χ4n) is 3.67. The fraction of sp³-hybridized carbons (Fsp3) is 0.500. The van der Waals surface area contributed by atoms with Crippen LogP contribution in [0.15, 0.2) is 24.3 Å². The molecule has 1 atom stereocenters. The summed E-state index contributed by atoms with van der Waals surface area (Å²) in [5.74, 6) is 0.105. The number of hydrogen-bond acceptors (Lipinski definition) is 4. The van der Waals surface area contributed by atoms with Gasteiger partial charge in [-0.3, -0.25) is 4.79 Å². The number of halogens is 3. The zero-order valence-electron chi connectivity index (χ0n) is 15.3. The number of piperidine rings is 1. The highest BCUT2D eigenvalue weighted by Gasteiger charge is 2.35. The molecule has 4 nitrogen and oxygen atoms in total. The van der Waals surface area contributed by atoms with Gasteiger partial charge in [0, 0.05) is 25.0 Å². The summed E-state index contributed by atoms with van der Waals surface area (Å²) in [5.41, 5.74) is 5.80. The predicted octanol–water partition coefficient (Wildman–Crippen LogP) is 4.66. The van der Waals surface area contributed by atoms with Gasteiger partial charge in [-0.15, -0.1) is 11.3 Å². The third-order valence-corrected chi connectivity index (χ3v) is 6.65. The van der Waals surface area contributed by atoms with Gasteiger partial charge < -0.3 is 10.6 Å². The second-order valence-corrected chi connectivity index (χ2v) is 8.50. The third-order valence-electron chi connectivity index (χ3n) is 5.39. The first-order valence-corrected chi connectivity index (χ1v) is 10.4. The Morgan fingerprint density at radius 3 is 2.71 bits per heavy atom.